The van der Waals surface area contributed by atoms with Crippen LogP contribution in [0.25, 0.3) is 0 Å². The Hall–Kier alpha value is -3.60. The zero-order valence-corrected chi connectivity index (χ0v) is 17.0. The first-order valence-electron chi connectivity index (χ1n) is 9.92. The fraction of sp³-hybridized carbons (Fsp3) is 0.200. The fourth-order valence-corrected chi connectivity index (χ4v) is 3.16. The van der Waals surface area contributed by atoms with E-state index >= 15 is 0 Å². The number of alkyl carbamates (subject to hydrolysis) is 1. The molecule has 30 heavy (non-hydrogen) atoms. The Balaban J connectivity index is 1.66. The number of hydrogen-bond donors (Lipinski definition) is 1. The third-order valence-corrected chi connectivity index (χ3v) is 4.72. The topological polar surface area (TPSA) is 58.6 Å². The molecular weight excluding hydrogens is 376 g/mol. The van der Waals surface area contributed by atoms with Gasteiger partial charge in [-0.3, -0.25) is 4.79 Å². The minimum Gasteiger partial charge on any atom is -0.445 e. The van der Waals surface area contributed by atoms with E-state index in [1.165, 1.54) is 0 Å². The number of hydrogen-bond acceptors (Lipinski definition) is 3. The van der Waals surface area contributed by atoms with Crippen molar-refractivity contribution in [3.63, 3.8) is 0 Å². The summed E-state index contributed by atoms with van der Waals surface area (Å²) in [6.07, 6.45) is -0.222. The largest absolute Gasteiger partial charge is 0.445 e. The molecule has 0 aliphatic heterocycles. The third-order valence-electron chi connectivity index (χ3n) is 4.72. The number of carbonyl (C=O) groups is 2. The van der Waals surface area contributed by atoms with Gasteiger partial charge in [-0.1, -0.05) is 91.0 Å². The Morgan fingerprint density at radius 1 is 0.800 bits per heavy atom. The standard InChI is InChI=1S/C25H26N2O3/c1-27(18-21-13-7-3-8-14-21)24(28)23(17-20-11-5-2-6-12-20)26-25(29)30-19-22-15-9-4-10-16-22/h2-16,23H,17-19H2,1H3,(H,26,29). The molecule has 154 valence electrons. The molecule has 0 aromatic heterocycles. The first kappa shape index (κ1) is 21.1. The van der Waals surface area contributed by atoms with E-state index in [9.17, 15) is 9.59 Å². The second kappa shape index (κ2) is 10.8. The van der Waals surface area contributed by atoms with Gasteiger partial charge in [0.1, 0.15) is 12.6 Å². The lowest BCUT2D eigenvalue weighted by molar-refractivity contribution is -0.132. The van der Waals surface area contributed by atoms with Gasteiger partial charge in [0, 0.05) is 20.0 Å². The lowest BCUT2D eigenvalue weighted by Gasteiger charge is -2.25. The summed E-state index contributed by atoms with van der Waals surface area (Å²) in [4.78, 5) is 27.1. The molecule has 0 spiro atoms. The average Bonchev–Trinajstić information content (AvgIpc) is 2.79. The van der Waals surface area contributed by atoms with Gasteiger partial charge < -0.3 is 15.0 Å². The van der Waals surface area contributed by atoms with Crippen molar-refractivity contribution in [3.05, 3.63) is 108 Å². The highest BCUT2D eigenvalue weighted by atomic mass is 16.5. The predicted molar refractivity (Wildman–Crippen MR) is 117 cm³/mol. The van der Waals surface area contributed by atoms with Crippen molar-refractivity contribution in [1.29, 1.82) is 0 Å². The van der Waals surface area contributed by atoms with Crippen LogP contribution in [0.3, 0.4) is 0 Å². The number of benzene rings is 3. The molecule has 2 amide bonds. The molecule has 1 N–H and O–H groups in total. The molecule has 0 aliphatic rings. The smallest absolute Gasteiger partial charge is 0.408 e. The first-order valence-corrected chi connectivity index (χ1v) is 9.92. The monoisotopic (exact) mass is 402 g/mol. The Morgan fingerprint density at radius 3 is 1.87 bits per heavy atom. The number of nitrogens with one attached hydrogen (secondary N) is 1. The normalized spacial score (nSPS) is 11.4. The molecule has 0 radical (unpaired) electrons. The van der Waals surface area contributed by atoms with Crippen LogP contribution in [-0.2, 0) is 29.1 Å². The summed E-state index contributed by atoms with van der Waals surface area (Å²) in [6, 6.07) is 28.1. The summed E-state index contributed by atoms with van der Waals surface area (Å²) < 4.78 is 5.32. The van der Waals surface area contributed by atoms with E-state index in [-0.39, 0.29) is 12.5 Å². The van der Waals surface area contributed by atoms with E-state index in [1.807, 2.05) is 91.0 Å². The van der Waals surface area contributed by atoms with E-state index in [0.29, 0.717) is 13.0 Å². The van der Waals surface area contributed by atoms with Gasteiger partial charge in [0.15, 0.2) is 0 Å². The van der Waals surface area contributed by atoms with Crippen LogP contribution in [0, 0.1) is 0 Å². The zero-order valence-electron chi connectivity index (χ0n) is 17.0. The maximum absolute atomic E-state index is 13.1. The zero-order chi connectivity index (χ0) is 21.2. The van der Waals surface area contributed by atoms with E-state index < -0.39 is 12.1 Å². The summed E-state index contributed by atoms with van der Waals surface area (Å²) in [5, 5.41) is 2.75. The quantitative estimate of drug-likeness (QED) is 0.615. The van der Waals surface area contributed by atoms with Gasteiger partial charge in [0.2, 0.25) is 5.91 Å². The van der Waals surface area contributed by atoms with Gasteiger partial charge in [0.25, 0.3) is 0 Å². The average molecular weight is 402 g/mol. The van der Waals surface area contributed by atoms with Gasteiger partial charge in [-0.15, -0.1) is 0 Å². The Labute approximate surface area is 177 Å². The van der Waals surface area contributed by atoms with Crippen molar-refractivity contribution < 1.29 is 14.3 Å². The molecule has 0 fully saturated rings. The van der Waals surface area contributed by atoms with Crippen molar-refractivity contribution in [2.75, 3.05) is 7.05 Å². The minimum absolute atomic E-state index is 0.152. The Kier molecular flexibility index (Phi) is 7.61. The number of carbonyl (C=O) groups excluding carboxylic acids is 2. The molecule has 1 unspecified atom stereocenters. The Morgan fingerprint density at radius 2 is 1.30 bits per heavy atom. The van der Waals surface area contributed by atoms with Gasteiger partial charge in [-0.2, -0.15) is 0 Å². The van der Waals surface area contributed by atoms with E-state index in [1.54, 1.807) is 11.9 Å². The van der Waals surface area contributed by atoms with Crippen LogP contribution in [0.1, 0.15) is 16.7 Å². The van der Waals surface area contributed by atoms with Crippen LogP contribution in [-0.4, -0.2) is 30.0 Å². The number of nitrogens with zero attached hydrogens (tertiary/aromatic N) is 1. The SMILES string of the molecule is CN(Cc1ccccc1)C(=O)C(Cc1ccccc1)NC(=O)OCc1ccccc1. The maximum Gasteiger partial charge on any atom is 0.408 e. The predicted octanol–water partition coefficient (Wildman–Crippen LogP) is 4.18. The summed E-state index contributed by atoms with van der Waals surface area (Å²) >= 11 is 0. The molecule has 0 bridgehead atoms. The molecule has 3 aromatic rings. The molecule has 0 aliphatic carbocycles. The minimum atomic E-state index is -0.718. The fourth-order valence-electron chi connectivity index (χ4n) is 3.16. The number of amides is 2. The molecule has 0 saturated heterocycles. The van der Waals surface area contributed by atoms with Crippen molar-refractivity contribution in [2.45, 2.75) is 25.6 Å². The molecule has 0 saturated carbocycles. The molecule has 5 heteroatoms. The van der Waals surface area contributed by atoms with Crippen LogP contribution in [0.5, 0.6) is 0 Å². The van der Waals surface area contributed by atoms with Crippen molar-refractivity contribution in [1.82, 2.24) is 10.2 Å². The molecule has 0 heterocycles. The van der Waals surface area contributed by atoms with Crippen molar-refractivity contribution >= 4 is 12.0 Å². The maximum atomic E-state index is 13.1. The van der Waals surface area contributed by atoms with Gasteiger partial charge in [-0.05, 0) is 16.7 Å². The summed E-state index contributed by atoms with van der Waals surface area (Å²) in [6.45, 7) is 0.616. The molecule has 1 atom stereocenters. The number of rotatable bonds is 8. The first-order chi connectivity index (χ1) is 14.6. The van der Waals surface area contributed by atoms with Crippen LogP contribution >= 0.6 is 0 Å². The van der Waals surface area contributed by atoms with Crippen molar-refractivity contribution in [3.8, 4) is 0 Å². The van der Waals surface area contributed by atoms with Crippen LogP contribution in [0.2, 0.25) is 0 Å². The highest BCUT2D eigenvalue weighted by Gasteiger charge is 2.25. The number of ether oxygens (including phenoxy) is 1. The highest BCUT2D eigenvalue weighted by Crippen LogP contribution is 2.10. The van der Waals surface area contributed by atoms with E-state index in [2.05, 4.69) is 5.32 Å². The van der Waals surface area contributed by atoms with E-state index in [0.717, 1.165) is 16.7 Å². The summed E-state index contributed by atoms with van der Waals surface area (Å²) in [5.74, 6) is -0.167. The highest BCUT2D eigenvalue weighted by molar-refractivity contribution is 5.85. The van der Waals surface area contributed by atoms with Gasteiger partial charge in [0.05, 0.1) is 0 Å². The van der Waals surface area contributed by atoms with Crippen molar-refractivity contribution in [2.24, 2.45) is 0 Å². The van der Waals surface area contributed by atoms with Crippen LogP contribution < -0.4 is 5.32 Å². The molecule has 3 rings (SSSR count). The summed E-state index contributed by atoms with van der Waals surface area (Å²) in [7, 11) is 1.74. The van der Waals surface area contributed by atoms with Crippen LogP contribution in [0.4, 0.5) is 4.79 Å². The lowest BCUT2D eigenvalue weighted by atomic mass is 10.0. The molecule has 5 nitrogen and oxygen atoms in total. The molecule has 3 aromatic carbocycles. The second-order valence-corrected chi connectivity index (χ2v) is 7.13. The Bertz CT molecular complexity index is 930. The third kappa shape index (κ3) is 6.48. The molecular formula is C25H26N2O3. The van der Waals surface area contributed by atoms with Crippen LogP contribution in [0.15, 0.2) is 91.0 Å². The number of likely N-dealkylation sites (N-methyl/N-ethyl adjacent to an activating group) is 1. The second-order valence-electron chi connectivity index (χ2n) is 7.13. The lowest BCUT2D eigenvalue weighted by Crippen LogP contribution is -2.48. The van der Waals surface area contributed by atoms with Gasteiger partial charge >= 0.3 is 6.09 Å². The van der Waals surface area contributed by atoms with E-state index in [4.69, 9.17) is 4.74 Å². The summed E-state index contributed by atoms with van der Waals surface area (Å²) in [5.41, 5.74) is 2.88. The van der Waals surface area contributed by atoms with Gasteiger partial charge in [-0.25, -0.2) is 4.79 Å².